The van der Waals surface area contributed by atoms with Crippen LogP contribution in [0.4, 0.5) is 4.79 Å². The molecule has 0 heterocycles. The van der Waals surface area contributed by atoms with Crippen molar-refractivity contribution in [1.29, 1.82) is 0 Å². The Kier molecular flexibility index (Phi) is 7.80. The molecular weight excluding hydrogens is 416 g/mol. The van der Waals surface area contributed by atoms with Crippen LogP contribution in [0, 0.1) is 0 Å². The van der Waals surface area contributed by atoms with Crippen molar-refractivity contribution in [1.82, 2.24) is 10.2 Å². The summed E-state index contributed by atoms with van der Waals surface area (Å²) in [6.07, 6.45) is -2.34. The number of benzene rings is 2. The second-order valence-corrected chi connectivity index (χ2v) is 7.50. The largest absolute Gasteiger partial charge is 0.480 e. The van der Waals surface area contributed by atoms with E-state index in [1.54, 1.807) is 0 Å². The Balaban J connectivity index is 1.49. The van der Waals surface area contributed by atoms with Crippen molar-refractivity contribution in [2.45, 2.75) is 18.4 Å². The number of hydrogen-bond acceptors (Lipinski definition) is 6. The third-order valence-electron chi connectivity index (χ3n) is 5.28. The molecule has 1 unspecified atom stereocenters. The number of hydrogen-bond donors (Lipinski definition) is 4. The Morgan fingerprint density at radius 2 is 1.62 bits per heavy atom. The van der Waals surface area contributed by atoms with E-state index in [9.17, 15) is 19.5 Å². The molecule has 9 heteroatoms. The van der Waals surface area contributed by atoms with Crippen LogP contribution in [0.25, 0.3) is 11.1 Å². The number of rotatable bonds is 10. The molecule has 4 N–H and O–H groups in total. The summed E-state index contributed by atoms with van der Waals surface area (Å²) in [5, 5.41) is 30.2. The van der Waals surface area contributed by atoms with E-state index in [0.29, 0.717) is 0 Å². The first-order chi connectivity index (χ1) is 15.4. The van der Waals surface area contributed by atoms with Crippen molar-refractivity contribution in [2.24, 2.45) is 0 Å². The molecule has 0 saturated heterocycles. The number of carbonyl (C=O) groups is 3. The van der Waals surface area contributed by atoms with Crippen molar-refractivity contribution in [3.63, 3.8) is 0 Å². The average molecular weight is 442 g/mol. The summed E-state index contributed by atoms with van der Waals surface area (Å²) in [6, 6.07) is 15.9. The Morgan fingerprint density at radius 3 is 2.19 bits per heavy atom. The zero-order valence-corrected chi connectivity index (χ0v) is 17.4. The van der Waals surface area contributed by atoms with Crippen LogP contribution >= 0.6 is 0 Å². The molecule has 1 aliphatic rings. The maximum atomic E-state index is 12.1. The molecule has 2 aromatic rings. The lowest BCUT2D eigenvalue weighted by Crippen LogP contribution is -2.41. The fraction of sp³-hybridized carbons (Fsp3) is 0.348. The number of nitrogens with zero attached hydrogens (tertiary/aromatic N) is 1. The van der Waals surface area contributed by atoms with E-state index < -0.39 is 43.6 Å². The third-order valence-corrected chi connectivity index (χ3v) is 5.28. The SMILES string of the molecule is O=C(O)CN(CCO)C(=O)CC(O)CNC(=O)OCC1c2ccccc2-c2ccccc21. The number of fused-ring (bicyclic) bond motifs is 3. The van der Waals surface area contributed by atoms with Crippen molar-refractivity contribution in [2.75, 3.05) is 32.8 Å². The predicted molar refractivity (Wildman–Crippen MR) is 115 cm³/mol. The van der Waals surface area contributed by atoms with E-state index in [4.69, 9.17) is 14.9 Å². The number of carbonyl (C=O) groups excluding carboxylic acids is 2. The number of nitrogens with one attached hydrogen (secondary N) is 1. The van der Waals surface area contributed by atoms with Gasteiger partial charge in [-0.3, -0.25) is 9.59 Å². The van der Waals surface area contributed by atoms with Crippen LogP contribution in [0.2, 0.25) is 0 Å². The van der Waals surface area contributed by atoms with Crippen LogP contribution in [0.15, 0.2) is 48.5 Å². The van der Waals surface area contributed by atoms with Crippen LogP contribution in [0.5, 0.6) is 0 Å². The van der Waals surface area contributed by atoms with Crippen molar-refractivity contribution >= 4 is 18.0 Å². The lowest BCUT2D eigenvalue weighted by atomic mass is 9.98. The molecule has 0 aliphatic heterocycles. The molecule has 0 bridgehead atoms. The minimum atomic E-state index is -1.22. The molecule has 32 heavy (non-hydrogen) atoms. The van der Waals surface area contributed by atoms with Crippen LogP contribution in [0.1, 0.15) is 23.5 Å². The van der Waals surface area contributed by atoms with Crippen LogP contribution in [-0.4, -0.2) is 77.1 Å². The van der Waals surface area contributed by atoms with Crippen LogP contribution in [0.3, 0.4) is 0 Å². The van der Waals surface area contributed by atoms with Gasteiger partial charge in [0.15, 0.2) is 0 Å². The molecule has 0 aromatic heterocycles. The lowest BCUT2D eigenvalue weighted by molar-refractivity contribution is -0.145. The Morgan fingerprint density at radius 1 is 1.03 bits per heavy atom. The molecule has 0 radical (unpaired) electrons. The summed E-state index contributed by atoms with van der Waals surface area (Å²) in [6.45, 7) is -1.24. The smallest absolute Gasteiger partial charge is 0.407 e. The van der Waals surface area contributed by atoms with Crippen LogP contribution in [-0.2, 0) is 14.3 Å². The summed E-state index contributed by atoms with van der Waals surface area (Å²) >= 11 is 0. The van der Waals surface area contributed by atoms with Crippen molar-refractivity contribution in [3.05, 3.63) is 59.7 Å². The van der Waals surface area contributed by atoms with E-state index in [1.807, 2.05) is 48.5 Å². The first-order valence-corrected chi connectivity index (χ1v) is 10.3. The zero-order valence-electron chi connectivity index (χ0n) is 17.4. The third kappa shape index (κ3) is 5.63. The summed E-state index contributed by atoms with van der Waals surface area (Å²) in [7, 11) is 0. The Hall–Kier alpha value is -3.43. The van der Waals surface area contributed by atoms with Crippen molar-refractivity contribution in [3.8, 4) is 11.1 Å². The number of carboxylic acids is 1. The number of aliphatic hydroxyl groups is 2. The fourth-order valence-corrected chi connectivity index (χ4v) is 3.83. The molecule has 0 fully saturated rings. The number of carboxylic acid groups (broad SMARTS) is 1. The van der Waals surface area contributed by atoms with Gasteiger partial charge in [-0.1, -0.05) is 48.5 Å². The summed E-state index contributed by atoms with van der Waals surface area (Å²) in [5.74, 6) is -1.95. The van der Waals surface area contributed by atoms with Gasteiger partial charge in [-0.15, -0.1) is 0 Å². The number of aliphatic carboxylic acids is 1. The van der Waals surface area contributed by atoms with Crippen LogP contribution < -0.4 is 5.32 Å². The number of ether oxygens (including phenoxy) is 1. The van der Waals surface area contributed by atoms with Gasteiger partial charge in [0.25, 0.3) is 0 Å². The quantitative estimate of drug-likeness (QED) is 0.434. The minimum absolute atomic E-state index is 0.0947. The highest BCUT2D eigenvalue weighted by molar-refractivity contribution is 5.82. The van der Waals surface area contributed by atoms with Gasteiger partial charge in [0.1, 0.15) is 13.2 Å². The first-order valence-electron chi connectivity index (χ1n) is 10.3. The first kappa shape index (κ1) is 23.2. The molecule has 0 saturated carbocycles. The monoisotopic (exact) mass is 442 g/mol. The fourth-order valence-electron chi connectivity index (χ4n) is 3.83. The topological polar surface area (TPSA) is 136 Å². The molecule has 9 nitrogen and oxygen atoms in total. The van der Waals surface area contributed by atoms with Gasteiger partial charge in [0.2, 0.25) is 5.91 Å². The number of aliphatic hydroxyl groups excluding tert-OH is 2. The lowest BCUT2D eigenvalue weighted by Gasteiger charge is -2.21. The highest BCUT2D eigenvalue weighted by Gasteiger charge is 2.29. The molecular formula is C23H26N2O7. The minimum Gasteiger partial charge on any atom is -0.480 e. The van der Waals surface area contributed by atoms with Gasteiger partial charge >= 0.3 is 12.1 Å². The number of amides is 2. The molecule has 170 valence electrons. The molecule has 2 amide bonds. The van der Waals surface area contributed by atoms with Gasteiger partial charge < -0.3 is 30.3 Å². The number of alkyl carbamates (subject to hydrolysis) is 1. The molecule has 1 aliphatic carbocycles. The molecule has 2 aromatic carbocycles. The Bertz CT molecular complexity index is 933. The van der Waals surface area contributed by atoms with E-state index in [1.165, 1.54) is 0 Å². The van der Waals surface area contributed by atoms with Gasteiger partial charge in [-0.2, -0.15) is 0 Å². The summed E-state index contributed by atoms with van der Waals surface area (Å²) in [4.78, 5) is 36.0. The highest BCUT2D eigenvalue weighted by Crippen LogP contribution is 2.44. The normalized spacial score (nSPS) is 13.1. The molecule has 1 atom stereocenters. The van der Waals surface area contributed by atoms with Gasteiger partial charge in [-0.05, 0) is 22.3 Å². The molecule has 3 rings (SSSR count). The van der Waals surface area contributed by atoms with Gasteiger partial charge in [-0.25, -0.2) is 4.79 Å². The maximum Gasteiger partial charge on any atom is 0.407 e. The summed E-state index contributed by atoms with van der Waals surface area (Å²) in [5.41, 5.74) is 4.38. The van der Waals surface area contributed by atoms with E-state index in [2.05, 4.69) is 5.32 Å². The second-order valence-electron chi connectivity index (χ2n) is 7.50. The van der Waals surface area contributed by atoms with E-state index in [-0.39, 0.29) is 25.6 Å². The maximum absolute atomic E-state index is 12.1. The molecule has 0 spiro atoms. The summed E-state index contributed by atoms with van der Waals surface area (Å²) < 4.78 is 5.37. The average Bonchev–Trinajstić information content (AvgIpc) is 3.09. The standard InChI is InChI=1S/C23H26N2O7/c26-10-9-25(13-22(29)30)21(28)11-15(27)12-24-23(31)32-14-20-18-7-3-1-5-16(18)17-6-2-4-8-19(17)20/h1-8,15,20,26-27H,9-14H2,(H,24,31)(H,29,30). The van der Waals surface area contributed by atoms with E-state index >= 15 is 0 Å². The van der Waals surface area contributed by atoms with Gasteiger partial charge in [0, 0.05) is 19.0 Å². The highest BCUT2D eigenvalue weighted by atomic mass is 16.5. The van der Waals surface area contributed by atoms with Crippen molar-refractivity contribution < 1.29 is 34.4 Å². The zero-order chi connectivity index (χ0) is 23.1. The van der Waals surface area contributed by atoms with Gasteiger partial charge in [0.05, 0.1) is 19.1 Å². The van der Waals surface area contributed by atoms with E-state index in [0.717, 1.165) is 27.2 Å². The second kappa shape index (κ2) is 10.7. The predicted octanol–water partition coefficient (Wildman–Crippen LogP) is 1.18. The Labute approximate surface area is 185 Å².